The highest BCUT2D eigenvalue weighted by atomic mass is 19.1. The van der Waals surface area contributed by atoms with Crippen molar-refractivity contribution in [2.24, 2.45) is 0 Å². The molecule has 110 valence electrons. The third-order valence-electron chi connectivity index (χ3n) is 4.50. The van der Waals surface area contributed by atoms with Crippen LogP contribution >= 0.6 is 0 Å². The summed E-state index contributed by atoms with van der Waals surface area (Å²) in [4.78, 5) is 3.96. The minimum Gasteiger partial charge on any atom is -0.301 e. The summed E-state index contributed by atoms with van der Waals surface area (Å²) < 4.78 is 13.4. The number of benzene rings is 1. The zero-order valence-electron chi connectivity index (χ0n) is 12.3. The van der Waals surface area contributed by atoms with E-state index in [-0.39, 0.29) is 17.4 Å². The van der Waals surface area contributed by atoms with Crippen LogP contribution in [0.3, 0.4) is 0 Å². The van der Waals surface area contributed by atoms with Crippen LogP contribution in [0.4, 0.5) is 4.39 Å². The van der Waals surface area contributed by atoms with Crippen molar-refractivity contribution >= 4 is 0 Å². The topological polar surface area (TPSA) is 24.9 Å². The van der Waals surface area contributed by atoms with Crippen LogP contribution in [-0.2, 0) is 5.54 Å². The molecule has 0 amide bonds. The lowest BCUT2D eigenvalue weighted by Crippen LogP contribution is -2.41. The molecule has 2 aromatic rings. The normalized spacial score (nSPS) is 18.6. The van der Waals surface area contributed by atoms with Crippen LogP contribution in [0.2, 0.25) is 0 Å². The lowest BCUT2D eigenvalue weighted by atomic mass is 9.87. The molecule has 0 saturated heterocycles. The average molecular weight is 284 g/mol. The summed E-state index contributed by atoms with van der Waals surface area (Å²) in [5, 5.41) is 3.75. The average Bonchev–Trinajstić information content (AvgIpc) is 2.98. The minimum atomic E-state index is -0.277. The van der Waals surface area contributed by atoms with E-state index in [9.17, 15) is 4.39 Å². The van der Waals surface area contributed by atoms with E-state index in [0.29, 0.717) is 0 Å². The highest BCUT2D eigenvalue weighted by Crippen LogP contribution is 2.40. The van der Waals surface area contributed by atoms with Crippen LogP contribution in [-0.4, -0.2) is 4.98 Å². The van der Waals surface area contributed by atoms with Crippen LogP contribution in [0.5, 0.6) is 0 Å². The maximum atomic E-state index is 13.4. The third kappa shape index (κ3) is 2.98. The highest BCUT2D eigenvalue weighted by molar-refractivity contribution is 5.27. The van der Waals surface area contributed by atoms with Gasteiger partial charge in [-0.2, -0.15) is 0 Å². The molecule has 0 bridgehead atoms. The third-order valence-corrected chi connectivity index (χ3v) is 4.50. The first-order valence-electron chi connectivity index (χ1n) is 7.63. The van der Waals surface area contributed by atoms with Gasteiger partial charge in [-0.05, 0) is 37.0 Å². The Hall–Kier alpha value is -1.74. The lowest BCUT2D eigenvalue weighted by Gasteiger charge is -2.34. The van der Waals surface area contributed by atoms with Crippen molar-refractivity contribution in [1.29, 1.82) is 0 Å². The van der Waals surface area contributed by atoms with Crippen molar-refractivity contribution in [2.45, 2.75) is 44.2 Å². The number of hydrogen-bond acceptors (Lipinski definition) is 2. The van der Waals surface area contributed by atoms with E-state index in [1.165, 1.54) is 24.6 Å². The fraction of sp³-hybridized carbons (Fsp3) is 0.389. The molecule has 1 heterocycles. The monoisotopic (exact) mass is 284 g/mol. The van der Waals surface area contributed by atoms with Crippen LogP contribution < -0.4 is 5.32 Å². The first-order chi connectivity index (χ1) is 10.2. The van der Waals surface area contributed by atoms with Crippen molar-refractivity contribution in [3.63, 3.8) is 0 Å². The Kier molecular flexibility index (Phi) is 4.02. The largest absolute Gasteiger partial charge is 0.301 e. The zero-order chi connectivity index (χ0) is 14.7. The van der Waals surface area contributed by atoms with Gasteiger partial charge >= 0.3 is 0 Å². The number of aromatic nitrogens is 1. The van der Waals surface area contributed by atoms with Crippen molar-refractivity contribution in [3.8, 4) is 0 Å². The Balaban J connectivity index is 1.86. The van der Waals surface area contributed by atoms with Gasteiger partial charge in [0.2, 0.25) is 0 Å². The smallest absolute Gasteiger partial charge is 0.141 e. The SMILES string of the molecule is C[C@@H](NC1(c2ccccc2)CCCC1)c1cncc(F)c1. The number of pyridine rings is 1. The molecule has 3 heteroatoms. The van der Waals surface area contributed by atoms with E-state index in [0.717, 1.165) is 18.4 Å². The second kappa shape index (κ2) is 5.94. The van der Waals surface area contributed by atoms with Gasteiger partial charge in [0.1, 0.15) is 5.82 Å². The van der Waals surface area contributed by atoms with E-state index in [1.807, 2.05) is 6.07 Å². The predicted molar refractivity (Wildman–Crippen MR) is 82.3 cm³/mol. The second-order valence-corrected chi connectivity index (χ2v) is 5.96. The number of hydrogen-bond donors (Lipinski definition) is 1. The second-order valence-electron chi connectivity index (χ2n) is 5.96. The van der Waals surface area contributed by atoms with E-state index >= 15 is 0 Å². The molecular weight excluding hydrogens is 263 g/mol. The highest BCUT2D eigenvalue weighted by Gasteiger charge is 2.36. The van der Waals surface area contributed by atoms with Crippen LogP contribution in [0, 0.1) is 5.82 Å². The van der Waals surface area contributed by atoms with Crippen molar-refractivity contribution < 1.29 is 4.39 Å². The molecule has 21 heavy (non-hydrogen) atoms. The number of nitrogens with one attached hydrogen (secondary N) is 1. The van der Waals surface area contributed by atoms with Gasteiger partial charge in [0.15, 0.2) is 0 Å². The summed E-state index contributed by atoms with van der Waals surface area (Å²) in [6, 6.07) is 12.2. The quantitative estimate of drug-likeness (QED) is 0.903. The Bertz CT molecular complexity index is 591. The van der Waals surface area contributed by atoms with Crippen molar-refractivity contribution in [2.75, 3.05) is 0 Å². The molecule has 1 atom stereocenters. The number of nitrogens with zero attached hydrogens (tertiary/aromatic N) is 1. The molecule has 1 aliphatic rings. The summed E-state index contributed by atoms with van der Waals surface area (Å²) in [6.45, 7) is 2.08. The Morgan fingerprint density at radius 1 is 1.14 bits per heavy atom. The molecule has 1 fully saturated rings. The summed E-state index contributed by atoms with van der Waals surface area (Å²) in [5.41, 5.74) is 2.24. The van der Waals surface area contributed by atoms with E-state index in [4.69, 9.17) is 0 Å². The molecule has 1 aromatic heterocycles. The lowest BCUT2D eigenvalue weighted by molar-refractivity contribution is 0.304. The fourth-order valence-electron chi connectivity index (χ4n) is 3.41. The van der Waals surface area contributed by atoms with Gasteiger partial charge < -0.3 is 5.32 Å². The molecule has 0 aliphatic heterocycles. The van der Waals surface area contributed by atoms with Gasteiger partial charge in [0.25, 0.3) is 0 Å². The van der Waals surface area contributed by atoms with Gasteiger partial charge in [-0.15, -0.1) is 0 Å². The molecule has 0 spiro atoms. The van der Waals surface area contributed by atoms with E-state index < -0.39 is 0 Å². The van der Waals surface area contributed by atoms with Crippen LogP contribution in [0.15, 0.2) is 48.8 Å². The molecule has 1 aliphatic carbocycles. The number of rotatable bonds is 4. The van der Waals surface area contributed by atoms with E-state index in [2.05, 4.69) is 41.5 Å². The molecule has 0 radical (unpaired) electrons. The maximum Gasteiger partial charge on any atom is 0.141 e. The van der Waals surface area contributed by atoms with Gasteiger partial charge in [-0.1, -0.05) is 43.2 Å². The zero-order valence-corrected chi connectivity index (χ0v) is 12.3. The Labute approximate surface area is 125 Å². The van der Waals surface area contributed by atoms with Gasteiger partial charge in [-0.3, -0.25) is 4.98 Å². The Morgan fingerprint density at radius 3 is 2.52 bits per heavy atom. The van der Waals surface area contributed by atoms with Crippen LogP contribution in [0.1, 0.15) is 49.8 Å². The standard InChI is InChI=1S/C18H21FN2/c1-14(15-11-17(19)13-20-12-15)21-18(9-5-6-10-18)16-7-3-2-4-8-16/h2-4,7-8,11-14,21H,5-6,9-10H2,1H3/t14-/m1/s1. The molecule has 1 saturated carbocycles. The van der Waals surface area contributed by atoms with Gasteiger partial charge in [0, 0.05) is 17.8 Å². The summed E-state index contributed by atoms with van der Waals surface area (Å²) in [7, 11) is 0. The molecule has 1 aromatic carbocycles. The van der Waals surface area contributed by atoms with Crippen LogP contribution in [0.25, 0.3) is 0 Å². The predicted octanol–water partition coefficient (Wildman–Crippen LogP) is 4.34. The first-order valence-corrected chi connectivity index (χ1v) is 7.63. The summed E-state index contributed by atoms with van der Waals surface area (Å²) in [5.74, 6) is -0.277. The Morgan fingerprint density at radius 2 is 1.86 bits per heavy atom. The maximum absolute atomic E-state index is 13.4. The molecular formula is C18H21FN2. The summed E-state index contributed by atoms with van der Waals surface area (Å²) >= 11 is 0. The fourth-order valence-corrected chi connectivity index (χ4v) is 3.41. The molecule has 0 unspecified atom stereocenters. The summed E-state index contributed by atoms with van der Waals surface area (Å²) in [6.07, 6.45) is 7.72. The van der Waals surface area contributed by atoms with E-state index in [1.54, 1.807) is 12.3 Å². The first kappa shape index (κ1) is 14.2. The minimum absolute atomic E-state index is 0.00694. The van der Waals surface area contributed by atoms with Gasteiger partial charge in [-0.25, -0.2) is 4.39 Å². The number of halogens is 1. The molecule has 2 nitrogen and oxygen atoms in total. The van der Waals surface area contributed by atoms with Crippen molar-refractivity contribution in [1.82, 2.24) is 10.3 Å². The molecule has 1 N–H and O–H groups in total. The van der Waals surface area contributed by atoms with Crippen molar-refractivity contribution in [3.05, 3.63) is 65.7 Å². The molecule has 3 rings (SSSR count). The van der Waals surface area contributed by atoms with Gasteiger partial charge in [0.05, 0.1) is 6.20 Å².